The Balaban J connectivity index is 2.81. The first kappa shape index (κ1) is 20.1. The molecule has 0 radical (unpaired) electrons. The van der Waals surface area contributed by atoms with Crippen LogP contribution in [0, 0.1) is 60.7 Å². The maximum Gasteiger partial charge on any atom is 0.498 e. The van der Waals surface area contributed by atoms with E-state index in [0.717, 1.165) is 0 Å². The fourth-order valence-corrected chi connectivity index (χ4v) is 2.12. The molecule has 22 heteroatoms. The van der Waals surface area contributed by atoms with Crippen LogP contribution in [0.25, 0.3) is 0 Å². The van der Waals surface area contributed by atoms with Crippen LogP contribution in [0.15, 0.2) is 0 Å². The van der Waals surface area contributed by atoms with E-state index in [0.29, 0.717) is 0 Å². The summed E-state index contributed by atoms with van der Waals surface area (Å²) in [5.41, 5.74) is -3.36. The van der Waals surface area contributed by atoms with E-state index in [1.54, 1.807) is 0 Å². The van der Waals surface area contributed by atoms with Crippen LogP contribution in [-0.4, -0.2) is 49.1 Å². The molecule has 0 fully saturated rings. The molecule has 0 saturated heterocycles. The molecule has 2 heterocycles. The SMILES string of the molecule is O=[N+]([O-])c1nn(Cn2nc([N+](=O)[O-])c([N+](=O)[O-])c2[N+](=O)[O-])c([N+](=O)[O-])c1[N+](=O)[O-]. The third kappa shape index (κ3) is 3.29. The number of nitro groups is 6. The average Bonchev–Trinajstić information content (AvgIpc) is 3.14. The van der Waals surface area contributed by atoms with Crippen molar-refractivity contribution in [3.05, 3.63) is 60.7 Å². The van der Waals surface area contributed by atoms with Gasteiger partial charge in [-0.3, -0.25) is 20.2 Å². The van der Waals surface area contributed by atoms with E-state index in [2.05, 4.69) is 10.2 Å². The Morgan fingerprint density at radius 2 is 0.862 bits per heavy atom. The fourth-order valence-electron chi connectivity index (χ4n) is 2.12. The van der Waals surface area contributed by atoms with Crippen molar-refractivity contribution in [1.29, 1.82) is 0 Å². The predicted octanol–water partition coefficient (Wildman–Crippen LogP) is 0.0346. The second kappa shape index (κ2) is 6.85. The molecule has 2 rings (SSSR count). The van der Waals surface area contributed by atoms with Crippen molar-refractivity contribution in [2.24, 2.45) is 0 Å². The number of aromatic nitrogens is 4. The first-order chi connectivity index (χ1) is 13.4. The monoisotopic (exact) mass is 418 g/mol. The molecule has 2 aromatic heterocycles. The second-order valence-electron chi connectivity index (χ2n) is 4.67. The number of hydrogen-bond acceptors (Lipinski definition) is 14. The fraction of sp³-hybridized carbons (Fsp3) is 0.143. The summed E-state index contributed by atoms with van der Waals surface area (Å²) in [6, 6.07) is 0. The van der Waals surface area contributed by atoms with Gasteiger partial charge < -0.3 is 40.5 Å². The molecule has 0 saturated carbocycles. The maximum absolute atomic E-state index is 11.1. The molecule has 22 nitrogen and oxygen atoms in total. The minimum Gasteiger partial charge on any atom is -0.358 e. The molecule has 0 aliphatic carbocycles. The minimum absolute atomic E-state index is 0.0935. The second-order valence-corrected chi connectivity index (χ2v) is 4.67. The highest BCUT2D eigenvalue weighted by atomic mass is 16.7. The van der Waals surface area contributed by atoms with Crippen LogP contribution in [-0.2, 0) is 6.67 Å². The third-order valence-electron chi connectivity index (χ3n) is 3.09. The van der Waals surface area contributed by atoms with E-state index in [4.69, 9.17) is 0 Å². The maximum atomic E-state index is 11.1. The van der Waals surface area contributed by atoms with Gasteiger partial charge in [-0.25, -0.2) is 0 Å². The molecule has 0 aliphatic rings. The summed E-state index contributed by atoms with van der Waals surface area (Å²) in [5.74, 6) is -6.45. The van der Waals surface area contributed by atoms with Gasteiger partial charge in [0.15, 0.2) is 10.2 Å². The summed E-state index contributed by atoms with van der Waals surface area (Å²) in [6.45, 7) is -1.41. The zero-order valence-electron chi connectivity index (χ0n) is 13.1. The first-order valence-corrected chi connectivity index (χ1v) is 6.46. The van der Waals surface area contributed by atoms with Gasteiger partial charge in [0.1, 0.15) is 0 Å². The van der Waals surface area contributed by atoms with Crippen molar-refractivity contribution in [2.75, 3.05) is 0 Å². The summed E-state index contributed by atoms with van der Waals surface area (Å²) in [4.78, 5) is 57.0. The standard InChI is InChI=1S/C7H2N10O12/c18-12(19)2-4(14(22)23)8-10(6(2)16(26)27)1-11-7(17(28)29)3(13(20)21)5(9-11)15(24)25/h1H2. The molecule has 0 unspecified atom stereocenters. The molecule has 0 atom stereocenters. The third-order valence-corrected chi connectivity index (χ3v) is 3.09. The zero-order valence-corrected chi connectivity index (χ0v) is 13.1. The lowest BCUT2D eigenvalue weighted by Gasteiger charge is -1.93. The molecule has 0 spiro atoms. The Bertz CT molecular complexity index is 1020. The first-order valence-electron chi connectivity index (χ1n) is 6.46. The van der Waals surface area contributed by atoms with E-state index in [1.165, 1.54) is 0 Å². The molecule has 0 amide bonds. The molecule has 0 aromatic carbocycles. The lowest BCUT2D eigenvalue weighted by Crippen LogP contribution is -2.15. The van der Waals surface area contributed by atoms with Crippen LogP contribution in [0.1, 0.15) is 0 Å². The molecule has 0 bridgehead atoms. The van der Waals surface area contributed by atoms with Gasteiger partial charge in [-0.05, 0) is 19.7 Å². The Kier molecular flexibility index (Phi) is 4.76. The highest BCUT2D eigenvalue weighted by Gasteiger charge is 2.51. The van der Waals surface area contributed by atoms with Crippen molar-refractivity contribution < 1.29 is 29.5 Å². The largest absolute Gasteiger partial charge is 0.498 e. The van der Waals surface area contributed by atoms with Gasteiger partial charge >= 0.3 is 41.3 Å². The normalized spacial score (nSPS) is 10.5. The molecule has 0 N–H and O–H groups in total. The van der Waals surface area contributed by atoms with Crippen LogP contribution in [0.2, 0.25) is 0 Å². The highest BCUT2D eigenvalue weighted by Crippen LogP contribution is 2.38. The summed E-state index contributed by atoms with van der Waals surface area (Å²) >= 11 is 0. The molecule has 0 aliphatic heterocycles. The topological polar surface area (TPSA) is 294 Å². The number of rotatable bonds is 8. The van der Waals surface area contributed by atoms with E-state index in [1.807, 2.05) is 0 Å². The summed E-state index contributed by atoms with van der Waals surface area (Å²) in [7, 11) is 0. The van der Waals surface area contributed by atoms with Gasteiger partial charge in [0.05, 0.1) is 9.85 Å². The average molecular weight is 418 g/mol. The Morgan fingerprint density at radius 1 is 0.552 bits per heavy atom. The van der Waals surface area contributed by atoms with Crippen molar-refractivity contribution in [2.45, 2.75) is 6.67 Å². The van der Waals surface area contributed by atoms with Crippen LogP contribution in [0.3, 0.4) is 0 Å². The lowest BCUT2D eigenvalue weighted by molar-refractivity contribution is -0.442. The molecule has 2 aromatic rings. The lowest BCUT2D eigenvalue weighted by atomic mass is 10.5. The molecule has 152 valence electrons. The van der Waals surface area contributed by atoms with E-state index in [9.17, 15) is 60.7 Å². The molecular weight excluding hydrogens is 416 g/mol. The minimum atomic E-state index is -1.68. The number of nitrogens with zero attached hydrogens (tertiary/aromatic N) is 10. The van der Waals surface area contributed by atoms with Gasteiger partial charge in [0, 0.05) is 9.36 Å². The van der Waals surface area contributed by atoms with E-state index in [-0.39, 0.29) is 9.36 Å². The molecule has 29 heavy (non-hydrogen) atoms. The van der Waals surface area contributed by atoms with Crippen molar-refractivity contribution in [3.63, 3.8) is 0 Å². The van der Waals surface area contributed by atoms with Gasteiger partial charge in [-0.2, -0.15) is 0 Å². The Morgan fingerprint density at radius 3 is 1.07 bits per heavy atom. The van der Waals surface area contributed by atoms with Crippen LogP contribution >= 0.6 is 0 Å². The van der Waals surface area contributed by atoms with E-state index < -0.39 is 70.9 Å². The van der Waals surface area contributed by atoms with Gasteiger partial charge in [-0.15, -0.1) is 0 Å². The van der Waals surface area contributed by atoms with E-state index >= 15 is 0 Å². The van der Waals surface area contributed by atoms with Crippen LogP contribution < -0.4 is 0 Å². The van der Waals surface area contributed by atoms with Gasteiger partial charge in [0.25, 0.3) is 0 Å². The van der Waals surface area contributed by atoms with Crippen molar-refractivity contribution >= 4 is 34.6 Å². The highest BCUT2D eigenvalue weighted by molar-refractivity contribution is 5.61. The smallest absolute Gasteiger partial charge is 0.358 e. The van der Waals surface area contributed by atoms with Crippen LogP contribution in [0.4, 0.5) is 34.6 Å². The van der Waals surface area contributed by atoms with Gasteiger partial charge in [0.2, 0.25) is 0 Å². The van der Waals surface area contributed by atoms with Crippen molar-refractivity contribution in [3.8, 4) is 0 Å². The Labute approximate surface area is 152 Å². The van der Waals surface area contributed by atoms with Crippen molar-refractivity contribution in [1.82, 2.24) is 19.6 Å². The van der Waals surface area contributed by atoms with Crippen LogP contribution in [0.5, 0.6) is 0 Å². The summed E-state index contributed by atoms with van der Waals surface area (Å²) in [6.07, 6.45) is 0. The zero-order chi connectivity index (χ0) is 22.2. The molecular formula is C7H2N10O12. The Hall–Kier alpha value is -5.18. The quantitative estimate of drug-likeness (QED) is 0.403. The van der Waals surface area contributed by atoms with Gasteiger partial charge in [-0.1, -0.05) is 0 Å². The number of hydrogen-bond donors (Lipinski definition) is 0. The summed E-state index contributed by atoms with van der Waals surface area (Å²) in [5, 5.41) is 71.9. The predicted molar refractivity (Wildman–Crippen MR) is 79.8 cm³/mol. The summed E-state index contributed by atoms with van der Waals surface area (Å²) < 4.78 is -0.187.